The molecule has 3 aliphatic rings. The minimum Gasteiger partial charge on any atom is -0.453 e. The molecule has 0 saturated carbocycles. The molecule has 2 aliphatic heterocycles. The second kappa shape index (κ2) is 13.4. The van der Waals surface area contributed by atoms with Gasteiger partial charge < -0.3 is 25.3 Å². The van der Waals surface area contributed by atoms with E-state index in [1.54, 1.807) is 43.1 Å². The number of aromatic nitrogens is 2. The largest absolute Gasteiger partial charge is 0.453 e. The van der Waals surface area contributed by atoms with Crippen molar-refractivity contribution < 1.29 is 36.7 Å². The number of allylic oxidation sites excluding steroid dienone is 4. The van der Waals surface area contributed by atoms with Gasteiger partial charge in [0.1, 0.15) is 11.7 Å². The zero-order valence-electron chi connectivity index (χ0n) is 25.7. The first kappa shape index (κ1) is 32.8. The second-order valence-corrected chi connectivity index (χ2v) is 11.7. The van der Waals surface area contributed by atoms with E-state index in [1.807, 2.05) is 0 Å². The predicted octanol–water partition coefficient (Wildman–Crippen LogP) is 7.29. The number of nitrogens with one attached hydrogen (secondary N) is 4. The number of hydrogen-bond acceptors (Lipinski definition) is 5. The summed E-state index contributed by atoms with van der Waals surface area (Å²) in [5, 5.41) is 8.29. The zero-order chi connectivity index (χ0) is 33.2. The Hall–Kier alpha value is -4.62. The Balaban J connectivity index is 1.44. The molecule has 0 spiro atoms. The Morgan fingerprint density at radius 3 is 2.67 bits per heavy atom. The molecule has 4 N–H and O–H groups in total. The number of alkyl halides is 3. The molecule has 1 fully saturated rings. The number of benzene rings is 1. The van der Waals surface area contributed by atoms with Crippen LogP contribution in [0.25, 0.3) is 11.3 Å². The number of carbonyl (C=O) groups excluding carboxylic acids is 3. The van der Waals surface area contributed by atoms with Crippen LogP contribution < -0.4 is 16.0 Å². The van der Waals surface area contributed by atoms with Gasteiger partial charge in [0, 0.05) is 29.3 Å². The zero-order valence-corrected chi connectivity index (χ0v) is 25.7. The molecule has 2 bridgehead atoms. The van der Waals surface area contributed by atoms with Gasteiger partial charge in [-0.1, -0.05) is 31.1 Å². The van der Waals surface area contributed by atoms with Crippen molar-refractivity contribution >= 4 is 29.4 Å². The molecule has 46 heavy (non-hydrogen) atoms. The van der Waals surface area contributed by atoms with Gasteiger partial charge in [0.05, 0.1) is 42.3 Å². The molecule has 0 radical (unpaired) electrons. The normalized spacial score (nSPS) is 22.9. The number of hydrogen-bond donors (Lipinski definition) is 4. The third-order valence-electron chi connectivity index (χ3n) is 8.62. The number of anilines is 2. The van der Waals surface area contributed by atoms with E-state index in [1.165, 1.54) is 13.2 Å². The lowest BCUT2D eigenvalue weighted by molar-refractivity contribution is -0.119. The van der Waals surface area contributed by atoms with E-state index in [0.29, 0.717) is 66.1 Å². The monoisotopic (exact) mass is 644 g/mol. The van der Waals surface area contributed by atoms with Crippen molar-refractivity contribution in [2.75, 3.05) is 24.3 Å². The Morgan fingerprint density at radius 2 is 1.96 bits per heavy atom. The fraction of sp³-hybridized carbons (Fsp3) is 0.438. The van der Waals surface area contributed by atoms with Gasteiger partial charge in [-0.25, -0.2) is 19.0 Å². The third-order valence-corrected chi connectivity index (χ3v) is 8.62. The average molecular weight is 645 g/mol. The summed E-state index contributed by atoms with van der Waals surface area (Å²) in [5.41, 5.74) is 0.970. The first-order valence-corrected chi connectivity index (χ1v) is 15.1. The molecule has 4 amide bonds. The van der Waals surface area contributed by atoms with E-state index < -0.39 is 41.8 Å². The molecule has 1 saturated heterocycles. The van der Waals surface area contributed by atoms with Crippen molar-refractivity contribution in [2.45, 2.75) is 70.6 Å². The van der Waals surface area contributed by atoms with Crippen molar-refractivity contribution in [3.05, 3.63) is 64.9 Å². The highest BCUT2D eigenvalue weighted by Crippen LogP contribution is 2.39. The molecule has 1 aliphatic carbocycles. The first-order chi connectivity index (χ1) is 21.9. The maximum atomic E-state index is 15.5. The number of carbonyl (C=O) groups is 3. The molecular formula is C32H36F4N6O4. The molecule has 3 unspecified atom stereocenters. The number of nitrogens with zero attached hydrogens (tertiary/aromatic N) is 2. The quantitative estimate of drug-likeness (QED) is 0.261. The minimum absolute atomic E-state index is 0.124. The van der Waals surface area contributed by atoms with Gasteiger partial charge in [-0.05, 0) is 57.2 Å². The number of ether oxygens (including phenoxy) is 1. The van der Waals surface area contributed by atoms with Gasteiger partial charge in [-0.3, -0.25) is 10.1 Å². The molecule has 1 aromatic heterocycles. The first-order valence-electron chi connectivity index (χ1n) is 15.1. The molecule has 10 nitrogen and oxygen atoms in total. The predicted molar refractivity (Wildman–Crippen MR) is 163 cm³/mol. The molecular weight excluding hydrogens is 608 g/mol. The summed E-state index contributed by atoms with van der Waals surface area (Å²) in [7, 11) is 1.24. The standard InChI is InChI=1S/C32H36F4N6O4/c1-17-7-4-5-9-21(32(34,35)36)27(33)26(17)22-13-14-42(30(44)41-22)25-10-6-8-18(2)29(43)40-23-15-19(38-31(45)46-3)11-12-20(23)24-16-37-28(25)39-24/h5,9,11-12,15-16,18,22,25H,4,6-8,10,13-14H2,1-3H3,(H,37,39)(H,38,45)(H,40,43)(H,41,44). The van der Waals surface area contributed by atoms with Crippen molar-refractivity contribution in [1.29, 1.82) is 0 Å². The molecule has 1 aromatic carbocycles. The summed E-state index contributed by atoms with van der Waals surface area (Å²) in [6, 6.07) is 2.93. The van der Waals surface area contributed by atoms with Crippen LogP contribution in [0.5, 0.6) is 0 Å². The molecule has 3 atom stereocenters. The Bertz CT molecular complexity index is 1610. The SMILES string of the molecule is COC(=O)Nc1ccc2c(c1)NC(=O)C(C)CCCC(N1CCC(C3=C(C)CCC=CC(C(F)(F)F)=C3F)NC1=O)c1ncc-2[nH]1. The minimum atomic E-state index is -4.88. The van der Waals surface area contributed by atoms with Crippen molar-refractivity contribution in [1.82, 2.24) is 20.2 Å². The topological polar surface area (TPSA) is 128 Å². The number of imidazole rings is 1. The van der Waals surface area contributed by atoms with Gasteiger partial charge in [0.25, 0.3) is 0 Å². The van der Waals surface area contributed by atoms with Gasteiger partial charge in [0.2, 0.25) is 5.91 Å². The average Bonchev–Trinajstić information content (AvgIpc) is 3.47. The summed E-state index contributed by atoms with van der Waals surface area (Å²) < 4.78 is 61.3. The van der Waals surface area contributed by atoms with Crippen LogP contribution in [0.15, 0.2) is 59.1 Å². The van der Waals surface area contributed by atoms with E-state index in [0.717, 1.165) is 6.08 Å². The van der Waals surface area contributed by atoms with E-state index in [2.05, 4.69) is 30.7 Å². The lowest BCUT2D eigenvalue weighted by Crippen LogP contribution is -2.53. The maximum Gasteiger partial charge on any atom is 0.419 e. The summed E-state index contributed by atoms with van der Waals surface area (Å²) in [5.74, 6) is -1.48. The highest BCUT2D eigenvalue weighted by Gasteiger charge is 2.40. The van der Waals surface area contributed by atoms with Crippen LogP contribution >= 0.6 is 0 Å². The summed E-state index contributed by atoms with van der Waals surface area (Å²) >= 11 is 0. The smallest absolute Gasteiger partial charge is 0.419 e. The van der Waals surface area contributed by atoms with Crippen LogP contribution in [0.1, 0.15) is 64.2 Å². The summed E-state index contributed by atoms with van der Waals surface area (Å²) in [6.45, 7) is 3.54. The number of aromatic amines is 1. The third kappa shape index (κ3) is 6.95. The number of amides is 4. The number of urea groups is 1. The maximum absolute atomic E-state index is 15.5. The van der Waals surface area contributed by atoms with Crippen LogP contribution in [0, 0.1) is 5.92 Å². The van der Waals surface area contributed by atoms with Crippen molar-refractivity contribution in [2.24, 2.45) is 5.92 Å². The summed E-state index contributed by atoms with van der Waals surface area (Å²) in [6.07, 6.45) is 0.498. The number of methoxy groups -OCH3 is 1. The lowest BCUT2D eigenvalue weighted by Gasteiger charge is -2.39. The molecule has 14 heteroatoms. The van der Waals surface area contributed by atoms with Gasteiger partial charge >= 0.3 is 18.3 Å². The number of halogens is 4. The van der Waals surface area contributed by atoms with Crippen LogP contribution in [0.3, 0.4) is 0 Å². The number of rotatable bonds is 3. The van der Waals surface area contributed by atoms with Gasteiger partial charge in [0.15, 0.2) is 0 Å². The fourth-order valence-corrected chi connectivity index (χ4v) is 6.11. The second-order valence-electron chi connectivity index (χ2n) is 11.7. The van der Waals surface area contributed by atoms with Crippen molar-refractivity contribution in [3.8, 4) is 11.3 Å². The molecule has 246 valence electrons. The molecule has 5 rings (SSSR count). The van der Waals surface area contributed by atoms with E-state index in [-0.39, 0.29) is 30.4 Å². The number of fused-ring (bicyclic) bond motifs is 4. The van der Waals surface area contributed by atoms with E-state index in [9.17, 15) is 27.6 Å². The Labute approximate surface area is 263 Å². The van der Waals surface area contributed by atoms with E-state index >= 15 is 4.39 Å². The lowest BCUT2D eigenvalue weighted by atomic mass is 9.89. The highest BCUT2D eigenvalue weighted by atomic mass is 19.4. The molecule has 3 heterocycles. The fourth-order valence-electron chi connectivity index (χ4n) is 6.11. The van der Waals surface area contributed by atoms with Crippen LogP contribution in [-0.2, 0) is 9.53 Å². The van der Waals surface area contributed by atoms with Crippen LogP contribution in [0.2, 0.25) is 0 Å². The van der Waals surface area contributed by atoms with Crippen LogP contribution in [-0.4, -0.2) is 58.8 Å². The molecule has 2 aromatic rings. The Kier molecular flexibility index (Phi) is 9.54. The van der Waals surface area contributed by atoms with Crippen LogP contribution in [0.4, 0.5) is 38.5 Å². The highest BCUT2D eigenvalue weighted by molar-refractivity contribution is 5.98. The van der Waals surface area contributed by atoms with Gasteiger partial charge in [-0.15, -0.1) is 0 Å². The Morgan fingerprint density at radius 1 is 1.17 bits per heavy atom. The van der Waals surface area contributed by atoms with E-state index in [4.69, 9.17) is 0 Å². The van der Waals surface area contributed by atoms with Crippen molar-refractivity contribution in [3.63, 3.8) is 0 Å². The van der Waals surface area contributed by atoms with Gasteiger partial charge in [-0.2, -0.15) is 13.2 Å². The summed E-state index contributed by atoms with van der Waals surface area (Å²) in [4.78, 5) is 47.9. The number of H-pyrrole nitrogens is 1.